The minimum Gasteiger partial charge on any atom is -0.463 e. The van der Waals surface area contributed by atoms with Gasteiger partial charge in [-0.25, -0.2) is 0 Å². The Balaban J connectivity index is 2.21. The molecule has 6 heteroatoms. The van der Waals surface area contributed by atoms with Gasteiger partial charge in [0.15, 0.2) is 0 Å². The highest BCUT2D eigenvalue weighted by atomic mass is 16.5. The number of nitrogens with zero attached hydrogens (tertiary/aromatic N) is 3. The molecule has 0 amide bonds. The third-order valence-corrected chi connectivity index (χ3v) is 2.77. The van der Waals surface area contributed by atoms with Crippen molar-refractivity contribution in [3.8, 4) is 17.8 Å². The van der Waals surface area contributed by atoms with Gasteiger partial charge >= 0.3 is 12.0 Å². The second kappa shape index (κ2) is 7.42. The Morgan fingerprint density at radius 1 is 1.10 bits per heavy atom. The lowest BCUT2D eigenvalue weighted by atomic mass is 10.2. The van der Waals surface area contributed by atoms with E-state index in [-0.39, 0.29) is 12.0 Å². The Bertz CT molecular complexity index is 590. The maximum absolute atomic E-state index is 5.70. The van der Waals surface area contributed by atoms with Crippen LogP contribution in [0, 0.1) is 0 Å². The molecule has 1 N–H and O–H groups in total. The largest absolute Gasteiger partial charge is 0.463 e. The second-order valence-electron chi connectivity index (χ2n) is 4.43. The Morgan fingerprint density at radius 2 is 1.90 bits per heavy atom. The van der Waals surface area contributed by atoms with Crippen molar-refractivity contribution in [3.63, 3.8) is 0 Å². The van der Waals surface area contributed by atoms with E-state index >= 15 is 0 Å². The van der Waals surface area contributed by atoms with Crippen molar-refractivity contribution in [2.24, 2.45) is 0 Å². The highest BCUT2D eigenvalue weighted by Gasteiger charge is 2.09. The van der Waals surface area contributed by atoms with Crippen LogP contribution in [0.3, 0.4) is 0 Å². The van der Waals surface area contributed by atoms with E-state index in [1.54, 1.807) is 7.05 Å². The predicted molar refractivity (Wildman–Crippen MR) is 81.1 cm³/mol. The van der Waals surface area contributed by atoms with E-state index in [9.17, 15) is 0 Å². The maximum atomic E-state index is 5.70. The number of ether oxygens (including phenoxy) is 2. The average Bonchev–Trinajstić information content (AvgIpc) is 2.52. The lowest BCUT2D eigenvalue weighted by molar-refractivity contribution is 0.285. The first-order chi connectivity index (χ1) is 10.2. The van der Waals surface area contributed by atoms with Crippen LogP contribution in [0.1, 0.15) is 25.8 Å². The van der Waals surface area contributed by atoms with E-state index in [2.05, 4.69) is 33.3 Å². The summed E-state index contributed by atoms with van der Waals surface area (Å²) in [6, 6.07) is 8.31. The molecule has 0 radical (unpaired) electrons. The number of nitrogens with one attached hydrogen (secondary N) is 1. The van der Waals surface area contributed by atoms with E-state index in [0.29, 0.717) is 18.3 Å². The van der Waals surface area contributed by atoms with E-state index in [0.717, 1.165) is 12.8 Å². The van der Waals surface area contributed by atoms with Crippen molar-refractivity contribution in [1.29, 1.82) is 0 Å². The number of anilines is 1. The zero-order valence-electron chi connectivity index (χ0n) is 12.6. The van der Waals surface area contributed by atoms with Crippen LogP contribution in [-0.4, -0.2) is 28.6 Å². The first-order valence-corrected chi connectivity index (χ1v) is 7.08. The third kappa shape index (κ3) is 4.30. The summed E-state index contributed by atoms with van der Waals surface area (Å²) in [7, 11) is 1.74. The maximum Gasteiger partial charge on any atom is 0.330 e. The minimum absolute atomic E-state index is 0.216. The Labute approximate surface area is 124 Å². The first-order valence-electron chi connectivity index (χ1n) is 7.08. The van der Waals surface area contributed by atoms with Gasteiger partial charge in [0.2, 0.25) is 5.95 Å². The van der Waals surface area contributed by atoms with Crippen LogP contribution in [0.4, 0.5) is 5.95 Å². The van der Waals surface area contributed by atoms with Gasteiger partial charge in [0.05, 0.1) is 6.61 Å². The number of hydrogen-bond donors (Lipinski definition) is 1. The smallest absolute Gasteiger partial charge is 0.330 e. The summed E-state index contributed by atoms with van der Waals surface area (Å²) in [5, 5.41) is 2.87. The van der Waals surface area contributed by atoms with Gasteiger partial charge in [-0.1, -0.05) is 26.0 Å². The molecule has 0 bridgehead atoms. The van der Waals surface area contributed by atoms with Gasteiger partial charge in [0.25, 0.3) is 0 Å². The van der Waals surface area contributed by atoms with Gasteiger partial charge in [-0.2, -0.15) is 9.97 Å². The quantitative estimate of drug-likeness (QED) is 0.844. The number of aromatic nitrogens is 3. The van der Waals surface area contributed by atoms with Crippen molar-refractivity contribution in [3.05, 3.63) is 29.8 Å². The molecule has 2 rings (SSSR count). The molecule has 0 unspecified atom stereocenters. The number of aryl methyl sites for hydroxylation is 1. The van der Waals surface area contributed by atoms with Crippen molar-refractivity contribution >= 4 is 5.95 Å². The van der Waals surface area contributed by atoms with E-state index in [4.69, 9.17) is 9.47 Å². The van der Waals surface area contributed by atoms with Crippen molar-refractivity contribution in [1.82, 2.24) is 15.0 Å². The SMILES string of the molecule is CCCOc1nc(NC)nc(Oc2cccc(CC)c2)n1. The van der Waals surface area contributed by atoms with E-state index < -0.39 is 0 Å². The normalized spacial score (nSPS) is 10.2. The van der Waals surface area contributed by atoms with Gasteiger partial charge in [-0.05, 0) is 30.5 Å². The summed E-state index contributed by atoms with van der Waals surface area (Å²) in [5.41, 5.74) is 1.19. The Morgan fingerprint density at radius 3 is 2.62 bits per heavy atom. The molecule has 6 nitrogen and oxygen atoms in total. The molecule has 0 atom stereocenters. The van der Waals surface area contributed by atoms with E-state index in [1.165, 1.54) is 5.56 Å². The summed E-state index contributed by atoms with van der Waals surface area (Å²) >= 11 is 0. The third-order valence-electron chi connectivity index (χ3n) is 2.77. The van der Waals surface area contributed by atoms with Crippen LogP contribution in [0.5, 0.6) is 17.8 Å². The summed E-state index contributed by atoms with van der Waals surface area (Å²) in [6.07, 6.45) is 1.83. The molecule has 0 fully saturated rings. The van der Waals surface area contributed by atoms with Gasteiger partial charge in [0.1, 0.15) is 5.75 Å². The predicted octanol–water partition coefficient (Wildman–Crippen LogP) is 3.06. The molecule has 21 heavy (non-hydrogen) atoms. The molecule has 0 saturated carbocycles. The summed E-state index contributed by atoms with van der Waals surface area (Å²) < 4.78 is 11.1. The monoisotopic (exact) mass is 288 g/mol. The topological polar surface area (TPSA) is 69.2 Å². The van der Waals surface area contributed by atoms with Crippen LogP contribution < -0.4 is 14.8 Å². The van der Waals surface area contributed by atoms with E-state index in [1.807, 2.05) is 25.1 Å². The summed E-state index contributed by atoms with van der Waals surface area (Å²) in [4.78, 5) is 12.5. The fraction of sp³-hybridized carbons (Fsp3) is 0.400. The van der Waals surface area contributed by atoms with Gasteiger partial charge in [-0.3, -0.25) is 0 Å². The molecule has 0 aliphatic heterocycles. The summed E-state index contributed by atoms with van der Waals surface area (Å²) in [6.45, 7) is 4.67. The Hall–Kier alpha value is -2.37. The number of hydrogen-bond acceptors (Lipinski definition) is 6. The molecule has 0 aliphatic carbocycles. The molecule has 1 aromatic carbocycles. The molecule has 0 saturated heterocycles. The zero-order chi connectivity index (χ0) is 15.1. The second-order valence-corrected chi connectivity index (χ2v) is 4.43. The van der Waals surface area contributed by atoms with Gasteiger partial charge in [-0.15, -0.1) is 4.98 Å². The minimum atomic E-state index is 0.216. The van der Waals surface area contributed by atoms with Crippen molar-refractivity contribution < 1.29 is 9.47 Å². The molecule has 0 aliphatic rings. The molecule has 1 aromatic heterocycles. The lowest BCUT2D eigenvalue weighted by Crippen LogP contribution is -2.06. The van der Waals surface area contributed by atoms with Crippen molar-refractivity contribution in [2.75, 3.05) is 19.0 Å². The molecule has 2 aromatic rings. The van der Waals surface area contributed by atoms with Crippen LogP contribution in [-0.2, 0) is 6.42 Å². The zero-order valence-corrected chi connectivity index (χ0v) is 12.6. The Kier molecular flexibility index (Phi) is 5.31. The molecule has 112 valence electrons. The number of benzene rings is 1. The highest BCUT2D eigenvalue weighted by Crippen LogP contribution is 2.21. The number of rotatable bonds is 7. The molecular formula is C15H20N4O2. The first kappa shape index (κ1) is 15.0. The molecular weight excluding hydrogens is 268 g/mol. The molecule has 0 spiro atoms. The fourth-order valence-electron chi connectivity index (χ4n) is 1.69. The van der Waals surface area contributed by atoms with Gasteiger partial charge < -0.3 is 14.8 Å². The summed E-state index contributed by atoms with van der Waals surface area (Å²) in [5.74, 6) is 1.11. The van der Waals surface area contributed by atoms with Gasteiger partial charge in [0, 0.05) is 7.05 Å². The van der Waals surface area contributed by atoms with Crippen LogP contribution in [0.15, 0.2) is 24.3 Å². The van der Waals surface area contributed by atoms with Crippen molar-refractivity contribution in [2.45, 2.75) is 26.7 Å². The molecule has 1 heterocycles. The standard InChI is InChI=1S/C15H20N4O2/c1-4-9-20-14-17-13(16-3)18-15(19-14)21-12-8-6-7-11(5-2)10-12/h6-8,10H,4-5,9H2,1-3H3,(H,16,17,18,19). The lowest BCUT2D eigenvalue weighted by Gasteiger charge is -2.08. The van der Waals surface area contributed by atoms with Crippen LogP contribution >= 0.6 is 0 Å². The van der Waals surface area contributed by atoms with Crippen LogP contribution in [0.2, 0.25) is 0 Å². The fourth-order valence-corrected chi connectivity index (χ4v) is 1.69. The average molecular weight is 288 g/mol. The highest BCUT2D eigenvalue weighted by molar-refractivity contribution is 5.32. The van der Waals surface area contributed by atoms with Crippen LogP contribution in [0.25, 0.3) is 0 Å².